The zero-order chi connectivity index (χ0) is 34.1. The molecule has 0 aliphatic carbocycles. The third-order valence-corrected chi connectivity index (χ3v) is 10.2. The first-order valence-corrected chi connectivity index (χ1v) is 17.4. The number of hydrogen-bond donors (Lipinski definition) is 1. The molecule has 11 heteroatoms. The van der Waals surface area contributed by atoms with Gasteiger partial charge in [0.1, 0.15) is 18.3 Å². The number of sulfonamides is 1. The van der Waals surface area contributed by atoms with Gasteiger partial charge < -0.3 is 15.0 Å². The van der Waals surface area contributed by atoms with Gasteiger partial charge in [0.2, 0.25) is 11.8 Å². The highest BCUT2D eigenvalue weighted by Gasteiger charge is 2.36. The zero-order valence-corrected chi connectivity index (χ0v) is 29.1. The minimum absolute atomic E-state index is 0.000922. The Morgan fingerprint density at radius 1 is 0.915 bits per heavy atom. The molecule has 2 unspecified atom stereocenters. The van der Waals surface area contributed by atoms with E-state index in [0.717, 1.165) is 15.4 Å². The lowest BCUT2D eigenvalue weighted by Gasteiger charge is -2.34. The molecule has 4 aromatic carbocycles. The third kappa shape index (κ3) is 9.06. The Morgan fingerprint density at radius 2 is 1.57 bits per heavy atom. The molecule has 0 saturated heterocycles. The number of carbonyl (C=O) groups excluding carboxylic acids is 2. The standard InChI is InChI=1S/C36H39Cl2N3O5S/c1-5-26(3)39-36(43)33(21-27-12-8-6-9-13-27)40(23-28-17-18-29(37)22-31(28)38)35(42)24-41(32-20-25(2)16-19-34(32)46-4)47(44,45)30-14-10-7-11-15-30/h6-20,22,26,33H,5,21,23-24H2,1-4H3,(H,39,43). The molecule has 1 N–H and O–H groups in total. The first kappa shape index (κ1) is 35.8. The van der Waals surface area contributed by atoms with Crippen molar-refractivity contribution >= 4 is 50.7 Å². The van der Waals surface area contributed by atoms with Crippen molar-refractivity contribution in [2.75, 3.05) is 18.0 Å². The lowest BCUT2D eigenvalue weighted by molar-refractivity contribution is -0.140. The number of nitrogens with one attached hydrogen (secondary N) is 1. The predicted molar refractivity (Wildman–Crippen MR) is 188 cm³/mol. The van der Waals surface area contributed by atoms with E-state index < -0.39 is 28.5 Å². The van der Waals surface area contributed by atoms with Crippen LogP contribution in [0, 0.1) is 6.92 Å². The molecule has 0 heterocycles. The number of hydrogen-bond acceptors (Lipinski definition) is 5. The Morgan fingerprint density at radius 3 is 2.19 bits per heavy atom. The Kier molecular flexibility index (Phi) is 12.3. The molecule has 0 bridgehead atoms. The third-order valence-electron chi connectivity index (χ3n) is 7.84. The molecule has 0 saturated carbocycles. The molecule has 8 nitrogen and oxygen atoms in total. The van der Waals surface area contributed by atoms with Gasteiger partial charge in [0.05, 0.1) is 17.7 Å². The summed E-state index contributed by atoms with van der Waals surface area (Å²) in [5, 5.41) is 3.75. The van der Waals surface area contributed by atoms with E-state index in [0.29, 0.717) is 22.0 Å². The van der Waals surface area contributed by atoms with Crippen molar-refractivity contribution in [3.8, 4) is 5.75 Å². The van der Waals surface area contributed by atoms with Crippen molar-refractivity contribution < 1.29 is 22.7 Å². The minimum Gasteiger partial charge on any atom is -0.495 e. The topological polar surface area (TPSA) is 96.0 Å². The maximum Gasteiger partial charge on any atom is 0.264 e. The SMILES string of the molecule is CCC(C)NC(=O)C(Cc1ccccc1)N(Cc1ccc(Cl)cc1Cl)C(=O)CN(c1cc(C)ccc1OC)S(=O)(=O)c1ccccc1. The van der Waals surface area contributed by atoms with Crippen LogP contribution in [0.15, 0.2) is 102 Å². The number of benzene rings is 4. The van der Waals surface area contributed by atoms with Gasteiger partial charge >= 0.3 is 0 Å². The van der Waals surface area contributed by atoms with Crippen LogP contribution in [-0.2, 0) is 32.6 Å². The van der Waals surface area contributed by atoms with Crippen molar-refractivity contribution in [2.24, 2.45) is 0 Å². The molecule has 2 atom stereocenters. The molecule has 4 aromatic rings. The Hall–Kier alpha value is -4.05. The predicted octanol–water partition coefficient (Wildman–Crippen LogP) is 7.06. The van der Waals surface area contributed by atoms with Crippen LogP contribution in [0.5, 0.6) is 5.75 Å². The molecule has 0 radical (unpaired) electrons. The van der Waals surface area contributed by atoms with E-state index >= 15 is 0 Å². The number of ether oxygens (including phenoxy) is 1. The summed E-state index contributed by atoms with van der Waals surface area (Å²) in [4.78, 5) is 30.1. The molecular weight excluding hydrogens is 657 g/mol. The molecular formula is C36H39Cl2N3O5S. The van der Waals surface area contributed by atoms with Crippen molar-refractivity contribution in [1.29, 1.82) is 0 Å². The number of nitrogens with zero attached hydrogens (tertiary/aromatic N) is 2. The molecule has 0 fully saturated rings. The highest BCUT2D eigenvalue weighted by atomic mass is 35.5. The van der Waals surface area contributed by atoms with Crippen molar-refractivity contribution in [3.05, 3.63) is 124 Å². The van der Waals surface area contributed by atoms with Crippen LogP contribution in [0.3, 0.4) is 0 Å². The Bertz CT molecular complexity index is 1790. The fourth-order valence-electron chi connectivity index (χ4n) is 5.06. The molecule has 0 aliphatic rings. The second-order valence-electron chi connectivity index (χ2n) is 11.3. The van der Waals surface area contributed by atoms with E-state index in [9.17, 15) is 18.0 Å². The average molecular weight is 697 g/mol. The fraction of sp³-hybridized carbons (Fsp3) is 0.278. The number of carbonyl (C=O) groups is 2. The van der Waals surface area contributed by atoms with Gasteiger partial charge in [-0.25, -0.2) is 8.42 Å². The van der Waals surface area contributed by atoms with E-state index in [4.69, 9.17) is 27.9 Å². The van der Waals surface area contributed by atoms with Crippen molar-refractivity contribution in [2.45, 2.75) is 57.1 Å². The van der Waals surface area contributed by atoms with Crippen molar-refractivity contribution in [1.82, 2.24) is 10.2 Å². The van der Waals surface area contributed by atoms with Gasteiger partial charge in [0.15, 0.2) is 0 Å². The van der Waals surface area contributed by atoms with Gasteiger partial charge in [-0.1, -0.05) is 90.8 Å². The van der Waals surface area contributed by atoms with Gasteiger partial charge in [-0.05, 0) is 73.4 Å². The summed E-state index contributed by atoms with van der Waals surface area (Å²) in [5.74, 6) is -0.711. The first-order chi connectivity index (χ1) is 22.4. The lowest BCUT2D eigenvalue weighted by Crippen LogP contribution is -2.54. The molecule has 0 spiro atoms. The highest BCUT2D eigenvalue weighted by molar-refractivity contribution is 7.92. The van der Waals surface area contributed by atoms with Gasteiger partial charge in [0, 0.05) is 29.1 Å². The van der Waals surface area contributed by atoms with E-state index in [1.807, 2.05) is 51.1 Å². The number of methoxy groups -OCH3 is 1. The first-order valence-electron chi connectivity index (χ1n) is 15.2. The number of aryl methyl sites for hydroxylation is 1. The van der Waals surface area contributed by atoms with Crippen molar-refractivity contribution in [3.63, 3.8) is 0 Å². The van der Waals surface area contributed by atoms with Crippen LogP contribution in [0.1, 0.15) is 37.0 Å². The van der Waals surface area contributed by atoms with E-state index in [2.05, 4.69) is 5.32 Å². The maximum atomic E-state index is 14.7. The quantitative estimate of drug-likeness (QED) is 0.152. The zero-order valence-electron chi connectivity index (χ0n) is 26.8. The van der Waals surface area contributed by atoms with Crippen LogP contribution >= 0.6 is 23.2 Å². The number of halogens is 2. The highest BCUT2D eigenvalue weighted by Crippen LogP contribution is 2.34. The van der Waals surface area contributed by atoms with Crippen LogP contribution in [0.2, 0.25) is 10.0 Å². The fourth-order valence-corrected chi connectivity index (χ4v) is 6.96. The molecule has 0 aliphatic heterocycles. The van der Waals surface area contributed by atoms with Crippen LogP contribution < -0.4 is 14.4 Å². The molecule has 47 heavy (non-hydrogen) atoms. The summed E-state index contributed by atoms with van der Waals surface area (Å²) >= 11 is 12.8. The van der Waals surface area contributed by atoms with Crippen LogP contribution in [-0.4, -0.2) is 50.9 Å². The van der Waals surface area contributed by atoms with Crippen LogP contribution in [0.25, 0.3) is 0 Å². The smallest absolute Gasteiger partial charge is 0.264 e. The second-order valence-corrected chi connectivity index (χ2v) is 14.0. The molecule has 0 aromatic heterocycles. The van der Waals surface area contributed by atoms with E-state index in [-0.39, 0.29) is 41.2 Å². The maximum absolute atomic E-state index is 14.7. The summed E-state index contributed by atoms with van der Waals surface area (Å²) < 4.78 is 35.2. The van der Waals surface area contributed by atoms with Gasteiger partial charge in [-0.3, -0.25) is 13.9 Å². The largest absolute Gasteiger partial charge is 0.495 e. The van der Waals surface area contributed by atoms with Gasteiger partial charge in [-0.2, -0.15) is 0 Å². The summed E-state index contributed by atoms with van der Waals surface area (Å²) in [6, 6.07) is 26.1. The van der Waals surface area contributed by atoms with E-state index in [1.54, 1.807) is 54.6 Å². The minimum atomic E-state index is -4.28. The monoisotopic (exact) mass is 695 g/mol. The summed E-state index contributed by atoms with van der Waals surface area (Å²) in [7, 11) is -2.85. The molecule has 2 amide bonds. The lowest BCUT2D eigenvalue weighted by atomic mass is 10.0. The summed E-state index contributed by atoms with van der Waals surface area (Å²) in [6.07, 6.45) is 0.857. The Labute approximate surface area is 287 Å². The van der Waals surface area contributed by atoms with E-state index in [1.165, 1.54) is 24.1 Å². The number of rotatable bonds is 14. The molecule has 4 rings (SSSR count). The number of anilines is 1. The summed E-state index contributed by atoms with van der Waals surface area (Å²) in [5.41, 5.74) is 2.33. The van der Waals surface area contributed by atoms with Crippen LogP contribution in [0.4, 0.5) is 5.69 Å². The number of amides is 2. The second kappa shape index (κ2) is 16.2. The van der Waals surface area contributed by atoms with Gasteiger partial charge in [0.25, 0.3) is 10.0 Å². The normalized spacial score (nSPS) is 12.6. The van der Waals surface area contributed by atoms with Gasteiger partial charge in [-0.15, -0.1) is 0 Å². The summed E-state index contributed by atoms with van der Waals surface area (Å²) in [6.45, 7) is 4.96. The Balaban J connectivity index is 1.87. The average Bonchev–Trinajstić information content (AvgIpc) is 3.06. The molecule has 248 valence electrons.